The zero-order valence-corrected chi connectivity index (χ0v) is 41.6. The Morgan fingerprint density at radius 3 is 2.26 bits per heavy atom. The van der Waals surface area contributed by atoms with Crippen LogP contribution < -0.4 is 25.2 Å². The summed E-state index contributed by atoms with van der Waals surface area (Å²) in [6, 6.07) is 17.3. The van der Waals surface area contributed by atoms with Crippen molar-refractivity contribution < 1.29 is 51.7 Å². The topological polar surface area (TPSA) is 187 Å². The minimum atomic E-state index is -4.81. The number of thiazole rings is 1. The summed E-state index contributed by atoms with van der Waals surface area (Å²) in [5.74, 6) is -1.15. The Morgan fingerprint density at radius 2 is 1.63 bits per heavy atom. The maximum Gasteiger partial charge on any atom is 0.417 e. The van der Waals surface area contributed by atoms with Gasteiger partial charge in [0.2, 0.25) is 17.7 Å². The average molecular weight is 1010 g/mol. The second-order valence-electron chi connectivity index (χ2n) is 18.6. The molecule has 2 aliphatic rings. The first-order valence-corrected chi connectivity index (χ1v) is 24.1. The summed E-state index contributed by atoms with van der Waals surface area (Å²) in [5, 5.41) is 25.5. The van der Waals surface area contributed by atoms with Crippen molar-refractivity contribution in [2.24, 2.45) is 5.41 Å². The number of hydrogen-bond donors (Lipinski definition) is 3. The van der Waals surface area contributed by atoms with Crippen LogP contribution in [0.1, 0.15) is 82.7 Å². The molecular formula is C50H58F3N7O8S2. The highest BCUT2D eigenvalue weighted by molar-refractivity contribution is 7.81. The standard InChI is InChI=1S/C50H58F3N7O8S2/c1-31-42(70-30-56-31)33-12-10-32(11-13-33)28-55-44(63)40-26-37(61)29-58(40)45(64)43(48(2,3)4)57-41(62)9-7-20-66-21-8-22-67-23-24-68-38-18-16-35(17-19-38)60-47(69)59(46(65)49(60,5)6)36-15-14-34(27-54)39(25-36)50(51,52)53/h10-19,25,30,37,40,43,61H,7-9,20-24,26,28-29H2,1-6H3,(H,55,63)(H,57,62)/t37-,40+,43?/m1/s1. The number of benzene rings is 3. The van der Waals surface area contributed by atoms with Gasteiger partial charge in [-0.3, -0.25) is 24.1 Å². The van der Waals surface area contributed by atoms with Crippen LogP contribution in [0, 0.1) is 23.7 Å². The smallest absolute Gasteiger partial charge is 0.417 e. The van der Waals surface area contributed by atoms with Crippen LogP contribution in [0.25, 0.3) is 10.4 Å². The molecule has 2 aliphatic heterocycles. The van der Waals surface area contributed by atoms with Crippen molar-refractivity contribution in [1.29, 1.82) is 5.26 Å². The van der Waals surface area contributed by atoms with Crippen LogP contribution in [-0.4, -0.2) is 107 Å². The normalized spacial score (nSPS) is 17.4. The van der Waals surface area contributed by atoms with Crippen LogP contribution in [0.4, 0.5) is 24.5 Å². The number of nitrogens with one attached hydrogen (secondary N) is 2. The number of aliphatic hydroxyl groups excluding tert-OH is 1. The van der Waals surface area contributed by atoms with Crippen molar-refractivity contribution in [1.82, 2.24) is 20.5 Å². The quantitative estimate of drug-likeness (QED) is 0.0593. The predicted molar refractivity (Wildman–Crippen MR) is 262 cm³/mol. The highest BCUT2D eigenvalue weighted by Gasteiger charge is 2.51. The SMILES string of the molecule is Cc1ncsc1-c1ccc(CNC(=O)[C@@H]2C[C@@H](O)CN2C(=O)C(NC(=O)CCCOCCCOCCOc2ccc(N3C(=S)N(c4ccc(C#N)c(C(F)(F)F)c4)C(=O)C3(C)C)cc2)C(C)(C)C)cc1. The molecule has 70 heavy (non-hydrogen) atoms. The van der Waals surface area contributed by atoms with Crippen LogP contribution in [0.5, 0.6) is 5.75 Å². The summed E-state index contributed by atoms with van der Waals surface area (Å²) in [6.07, 6.45) is -4.47. The van der Waals surface area contributed by atoms with Gasteiger partial charge in [-0.2, -0.15) is 18.4 Å². The number of carbonyl (C=O) groups excluding carboxylic acids is 4. The monoisotopic (exact) mass is 1010 g/mol. The number of amides is 4. The zero-order valence-electron chi connectivity index (χ0n) is 39.9. The molecular weight excluding hydrogens is 948 g/mol. The molecule has 2 fully saturated rings. The number of β-amino-alcohol motifs (C(OH)–C–C–N with tert-alkyl or cyclic N) is 1. The third-order valence-electron chi connectivity index (χ3n) is 11.9. The minimum Gasteiger partial charge on any atom is -0.491 e. The van der Waals surface area contributed by atoms with E-state index in [1.165, 1.54) is 11.0 Å². The molecule has 1 unspecified atom stereocenters. The number of rotatable bonds is 20. The number of anilines is 2. The van der Waals surface area contributed by atoms with E-state index in [2.05, 4.69) is 15.6 Å². The Morgan fingerprint density at radius 1 is 0.971 bits per heavy atom. The molecule has 6 rings (SSSR count). The van der Waals surface area contributed by atoms with Crippen molar-refractivity contribution in [3.63, 3.8) is 0 Å². The number of nitrogens with zero attached hydrogens (tertiary/aromatic N) is 5. The van der Waals surface area contributed by atoms with Crippen molar-refractivity contribution in [2.45, 2.75) is 104 Å². The first-order valence-electron chi connectivity index (χ1n) is 22.8. The largest absolute Gasteiger partial charge is 0.491 e. The molecule has 2 saturated heterocycles. The van der Waals surface area contributed by atoms with Gasteiger partial charge in [0, 0.05) is 51.4 Å². The van der Waals surface area contributed by atoms with Crippen molar-refractivity contribution >= 4 is 63.7 Å². The summed E-state index contributed by atoms with van der Waals surface area (Å²) < 4.78 is 58.3. The molecule has 0 radical (unpaired) electrons. The van der Waals surface area contributed by atoms with Crippen molar-refractivity contribution in [3.8, 4) is 22.3 Å². The fourth-order valence-electron chi connectivity index (χ4n) is 8.18. The Labute approximate surface area is 414 Å². The van der Waals surface area contributed by atoms with Gasteiger partial charge in [0.05, 0.1) is 51.7 Å². The average Bonchev–Trinajstić information content (AvgIpc) is 3.98. The molecule has 374 valence electrons. The number of aryl methyl sites for hydroxylation is 1. The maximum absolute atomic E-state index is 14.0. The molecule has 3 N–H and O–H groups in total. The fraction of sp³-hybridized carbons (Fsp3) is 0.460. The lowest BCUT2D eigenvalue weighted by molar-refractivity contribution is -0.144. The number of aromatic nitrogens is 1. The van der Waals surface area contributed by atoms with E-state index >= 15 is 0 Å². The number of halogens is 3. The second kappa shape index (κ2) is 22.8. The molecule has 0 spiro atoms. The molecule has 4 amide bonds. The lowest BCUT2D eigenvalue weighted by Gasteiger charge is -2.35. The zero-order chi connectivity index (χ0) is 51.0. The Bertz CT molecular complexity index is 2560. The second-order valence-corrected chi connectivity index (χ2v) is 19.8. The number of alkyl halides is 3. The molecule has 0 bridgehead atoms. The van der Waals surface area contributed by atoms with Crippen molar-refractivity contribution in [3.05, 3.63) is 94.6 Å². The van der Waals surface area contributed by atoms with E-state index in [0.717, 1.165) is 38.7 Å². The molecule has 1 aromatic heterocycles. The van der Waals surface area contributed by atoms with E-state index in [1.807, 2.05) is 52.0 Å². The van der Waals surface area contributed by atoms with Crippen LogP contribution in [-0.2, 0) is 41.4 Å². The summed E-state index contributed by atoms with van der Waals surface area (Å²) in [6.45, 7) is 12.6. The third-order valence-corrected chi connectivity index (χ3v) is 13.3. The number of carbonyl (C=O) groups is 4. The van der Waals surface area contributed by atoms with Crippen LogP contribution in [0.2, 0.25) is 0 Å². The summed E-state index contributed by atoms with van der Waals surface area (Å²) >= 11 is 7.17. The van der Waals surface area contributed by atoms with Gasteiger partial charge in [0.1, 0.15) is 30.0 Å². The van der Waals surface area contributed by atoms with Crippen LogP contribution in [0.15, 0.2) is 72.2 Å². The molecule has 3 atom stereocenters. The Hall–Kier alpha value is -5.98. The molecule has 0 saturated carbocycles. The number of likely N-dealkylation sites (tertiary alicyclic amines) is 1. The molecule has 3 heterocycles. The first kappa shape index (κ1) is 53.4. The van der Waals surface area contributed by atoms with Gasteiger partial charge in [0.15, 0.2) is 5.11 Å². The maximum atomic E-state index is 14.0. The number of nitriles is 1. The number of aliphatic hydroxyl groups is 1. The number of hydrogen-bond acceptors (Lipinski definition) is 12. The van der Waals surface area contributed by atoms with Gasteiger partial charge in [-0.25, -0.2) is 4.98 Å². The van der Waals surface area contributed by atoms with E-state index in [9.17, 15) is 42.7 Å². The van der Waals surface area contributed by atoms with Gasteiger partial charge in [-0.1, -0.05) is 45.0 Å². The highest BCUT2D eigenvalue weighted by atomic mass is 32.1. The van der Waals surface area contributed by atoms with E-state index in [1.54, 1.807) is 65.9 Å². The Kier molecular flexibility index (Phi) is 17.4. The lowest BCUT2D eigenvalue weighted by Crippen LogP contribution is -2.57. The van der Waals surface area contributed by atoms with Crippen LogP contribution >= 0.6 is 23.6 Å². The molecule has 3 aromatic carbocycles. The molecule has 0 aliphatic carbocycles. The van der Waals surface area contributed by atoms with Gasteiger partial charge in [-0.05, 0) is 105 Å². The number of thiocarbonyl (C=S) groups is 1. The van der Waals surface area contributed by atoms with E-state index < -0.39 is 58.3 Å². The van der Waals surface area contributed by atoms with E-state index in [0.29, 0.717) is 44.1 Å². The Balaban J connectivity index is 0.867. The highest BCUT2D eigenvalue weighted by Crippen LogP contribution is 2.40. The lowest BCUT2D eigenvalue weighted by atomic mass is 9.85. The van der Waals surface area contributed by atoms with Crippen LogP contribution in [0.3, 0.4) is 0 Å². The molecule has 20 heteroatoms. The van der Waals surface area contributed by atoms with Gasteiger partial charge in [0.25, 0.3) is 5.91 Å². The minimum absolute atomic E-state index is 0.0153. The van der Waals surface area contributed by atoms with E-state index in [4.69, 9.17) is 26.4 Å². The fourth-order valence-corrected chi connectivity index (χ4v) is 9.52. The third kappa shape index (κ3) is 12.9. The first-order chi connectivity index (χ1) is 33.1. The van der Waals surface area contributed by atoms with Gasteiger partial charge >= 0.3 is 6.18 Å². The van der Waals surface area contributed by atoms with Gasteiger partial charge < -0.3 is 39.8 Å². The number of ether oxygens (including phenoxy) is 3. The van der Waals surface area contributed by atoms with E-state index in [-0.39, 0.29) is 61.8 Å². The molecule has 4 aromatic rings. The summed E-state index contributed by atoms with van der Waals surface area (Å²) in [4.78, 5) is 63.4. The summed E-state index contributed by atoms with van der Waals surface area (Å²) in [5.41, 5.74) is 1.46. The molecule has 15 nitrogen and oxygen atoms in total. The predicted octanol–water partition coefficient (Wildman–Crippen LogP) is 7.32. The summed E-state index contributed by atoms with van der Waals surface area (Å²) in [7, 11) is 0. The van der Waals surface area contributed by atoms with Crippen molar-refractivity contribution in [2.75, 3.05) is 49.4 Å². The van der Waals surface area contributed by atoms with Gasteiger partial charge in [-0.15, -0.1) is 11.3 Å².